The van der Waals surface area contributed by atoms with Crippen LogP contribution in [-0.2, 0) is 10.9 Å². The highest BCUT2D eigenvalue weighted by Crippen LogP contribution is 2.33. The van der Waals surface area contributed by atoms with Gasteiger partial charge in [-0.1, -0.05) is 0 Å². The number of nitrogens with one attached hydrogen (secondary N) is 1. The largest absolute Gasteiger partial charge is 0.478 e. The topological polar surface area (TPSA) is 58.6 Å². The highest BCUT2D eigenvalue weighted by Gasteiger charge is 2.35. The van der Waals surface area contributed by atoms with Gasteiger partial charge >= 0.3 is 12.1 Å². The molecule has 1 aliphatic heterocycles. The number of carboxylic acids is 1. The molecule has 0 radical (unpaired) electrons. The number of aromatic carboxylic acids is 1. The van der Waals surface area contributed by atoms with Crippen LogP contribution in [0.25, 0.3) is 0 Å². The maximum atomic E-state index is 12.7. The summed E-state index contributed by atoms with van der Waals surface area (Å²) in [7, 11) is 0. The number of rotatable bonds is 4. The van der Waals surface area contributed by atoms with Crippen LogP contribution in [0.4, 0.5) is 18.9 Å². The number of benzene rings is 1. The van der Waals surface area contributed by atoms with Crippen LogP contribution >= 0.6 is 0 Å². The number of carbonyl (C=O) groups is 1. The lowest BCUT2D eigenvalue weighted by Gasteiger charge is -2.23. The number of hydrogen-bond donors (Lipinski definition) is 2. The number of anilines is 1. The second-order valence-electron chi connectivity index (χ2n) is 5.00. The molecule has 0 aliphatic carbocycles. The molecule has 7 heteroatoms. The van der Waals surface area contributed by atoms with E-state index in [0.717, 1.165) is 25.0 Å². The quantitative estimate of drug-likeness (QED) is 0.896. The first-order valence-electron chi connectivity index (χ1n) is 6.64. The molecule has 1 aromatic rings. The lowest BCUT2D eigenvalue weighted by Crippen LogP contribution is -2.23. The third-order valence-corrected chi connectivity index (χ3v) is 3.49. The fraction of sp³-hybridized carbons (Fsp3) is 0.500. The van der Waals surface area contributed by atoms with Crippen LogP contribution in [0.1, 0.15) is 28.8 Å². The molecule has 116 valence electrons. The van der Waals surface area contributed by atoms with Crippen molar-refractivity contribution < 1.29 is 27.8 Å². The van der Waals surface area contributed by atoms with Crippen LogP contribution in [0.15, 0.2) is 18.2 Å². The Kier molecular flexibility index (Phi) is 4.72. The van der Waals surface area contributed by atoms with Gasteiger partial charge in [-0.15, -0.1) is 0 Å². The van der Waals surface area contributed by atoms with Gasteiger partial charge in [-0.3, -0.25) is 0 Å². The summed E-state index contributed by atoms with van der Waals surface area (Å²) in [4.78, 5) is 11.0. The number of carboxylic acid groups (broad SMARTS) is 1. The maximum Gasteiger partial charge on any atom is 0.417 e. The van der Waals surface area contributed by atoms with Crippen LogP contribution in [0.3, 0.4) is 0 Å². The van der Waals surface area contributed by atoms with Crippen molar-refractivity contribution >= 4 is 11.7 Å². The Morgan fingerprint density at radius 1 is 1.33 bits per heavy atom. The van der Waals surface area contributed by atoms with Crippen molar-refractivity contribution in [3.05, 3.63) is 29.3 Å². The van der Waals surface area contributed by atoms with E-state index in [1.54, 1.807) is 0 Å². The van der Waals surface area contributed by atoms with Gasteiger partial charge < -0.3 is 15.2 Å². The molecule has 2 rings (SSSR count). The average Bonchev–Trinajstić information content (AvgIpc) is 2.45. The molecule has 0 atom stereocenters. The molecular formula is C14H16F3NO3. The number of halogens is 3. The lowest BCUT2D eigenvalue weighted by atomic mass is 10.00. The van der Waals surface area contributed by atoms with Crippen molar-refractivity contribution in [3.8, 4) is 0 Å². The third kappa shape index (κ3) is 4.10. The van der Waals surface area contributed by atoms with E-state index in [0.29, 0.717) is 31.4 Å². The zero-order chi connectivity index (χ0) is 15.5. The zero-order valence-corrected chi connectivity index (χ0v) is 11.2. The highest BCUT2D eigenvalue weighted by atomic mass is 19.4. The molecule has 0 bridgehead atoms. The molecule has 0 aromatic heterocycles. The molecule has 1 fully saturated rings. The van der Waals surface area contributed by atoms with E-state index in [1.165, 1.54) is 6.07 Å². The number of ether oxygens (including phenoxy) is 1. The van der Waals surface area contributed by atoms with Crippen molar-refractivity contribution in [1.82, 2.24) is 0 Å². The van der Waals surface area contributed by atoms with Crippen molar-refractivity contribution in [2.24, 2.45) is 5.92 Å². The molecule has 0 amide bonds. The summed E-state index contributed by atoms with van der Waals surface area (Å²) in [5, 5.41) is 11.9. The first kappa shape index (κ1) is 15.6. The standard InChI is InChI=1S/C14H16F3NO3/c15-14(16,17)12-2-1-10(7-11(12)13(19)20)18-8-9-3-5-21-6-4-9/h1-2,7,9,18H,3-6,8H2,(H,19,20). The minimum absolute atomic E-state index is 0.381. The van der Waals surface area contributed by atoms with Crippen molar-refractivity contribution in [2.45, 2.75) is 19.0 Å². The zero-order valence-electron chi connectivity index (χ0n) is 11.2. The molecular weight excluding hydrogens is 287 g/mol. The summed E-state index contributed by atoms with van der Waals surface area (Å²) in [6, 6.07) is 3.09. The Hall–Kier alpha value is -1.76. The smallest absolute Gasteiger partial charge is 0.417 e. The van der Waals surface area contributed by atoms with Gasteiger partial charge in [0.2, 0.25) is 0 Å². The molecule has 1 aromatic carbocycles. The fourth-order valence-electron chi connectivity index (χ4n) is 2.29. The molecule has 0 spiro atoms. The predicted molar refractivity (Wildman–Crippen MR) is 70.4 cm³/mol. The highest BCUT2D eigenvalue weighted by molar-refractivity contribution is 5.91. The van der Waals surface area contributed by atoms with E-state index >= 15 is 0 Å². The number of alkyl halides is 3. The molecule has 4 nitrogen and oxygen atoms in total. The Balaban J connectivity index is 2.10. The Bertz CT molecular complexity index is 511. The second kappa shape index (κ2) is 6.34. The fourth-order valence-corrected chi connectivity index (χ4v) is 2.29. The molecule has 1 saturated heterocycles. The van der Waals surface area contributed by atoms with Crippen LogP contribution < -0.4 is 5.32 Å². The van der Waals surface area contributed by atoms with Gasteiger partial charge in [-0.25, -0.2) is 4.79 Å². The van der Waals surface area contributed by atoms with Crippen LogP contribution in [0.2, 0.25) is 0 Å². The second-order valence-corrected chi connectivity index (χ2v) is 5.00. The van der Waals surface area contributed by atoms with E-state index in [9.17, 15) is 18.0 Å². The molecule has 0 saturated carbocycles. The van der Waals surface area contributed by atoms with E-state index in [2.05, 4.69) is 5.32 Å². The molecule has 21 heavy (non-hydrogen) atoms. The van der Waals surface area contributed by atoms with E-state index < -0.39 is 23.3 Å². The lowest BCUT2D eigenvalue weighted by molar-refractivity contribution is -0.138. The van der Waals surface area contributed by atoms with Gasteiger partial charge in [-0.2, -0.15) is 13.2 Å². The minimum Gasteiger partial charge on any atom is -0.478 e. The summed E-state index contributed by atoms with van der Waals surface area (Å²) in [6.07, 6.45) is -2.90. The van der Waals surface area contributed by atoms with Crippen LogP contribution in [0, 0.1) is 5.92 Å². The predicted octanol–water partition coefficient (Wildman–Crippen LogP) is 3.24. The summed E-state index contributed by atoms with van der Waals surface area (Å²) in [5.41, 5.74) is -1.49. The van der Waals surface area contributed by atoms with E-state index in [1.807, 2.05) is 0 Å². The van der Waals surface area contributed by atoms with Gasteiger partial charge in [0.05, 0.1) is 11.1 Å². The summed E-state index contributed by atoms with van der Waals surface area (Å²) in [5.74, 6) is -1.20. The normalized spacial score (nSPS) is 16.7. The molecule has 1 aliphatic rings. The van der Waals surface area contributed by atoms with Gasteiger partial charge in [-0.05, 0) is 37.0 Å². The minimum atomic E-state index is -4.67. The summed E-state index contributed by atoms with van der Waals surface area (Å²) >= 11 is 0. The SMILES string of the molecule is O=C(O)c1cc(NCC2CCOCC2)ccc1C(F)(F)F. The third-order valence-electron chi connectivity index (χ3n) is 3.49. The molecule has 1 heterocycles. The Morgan fingerprint density at radius 2 is 2.00 bits per heavy atom. The van der Waals surface area contributed by atoms with Gasteiger partial charge in [0, 0.05) is 25.4 Å². The van der Waals surface area contributed by atoms with Gasteiger partial charge in [0.1, 0.15) is 0 Å². The molecule has 2 N–H and O–H groups in total. The van der Waals surface area contributed by atoms with Crippen molar-refractivity contribution in [3.63, 3.8) is 0 Å². The Morgan fingerprint density at radius 3 is 2.57 bits per heavy atom. The first-order chi connectivity index (χ1) is 9.88. The van der Waals surface area contributed by atoms with Gasteiger partial charge in [0.25, 0.3) is 0 Å². The monoisotopic (exact) mass is 303 g/mol. The number of hydrogen-bond acceptors (Lipinski definition) is 3. The summed E-state index contributed by atoms with van der Waals surface area (Å²) in [6.45, 7) is 1.95. The average molecular weight is 303 g/mol. The first-order valence-corrected chi connectivity index (χ1v) is 6.64. The summed E-state index contributed by atoms with van der Waals surface area (Å²) < 4.78 is 43.4. The maximum absolute atomic E-state index is 12.7. The molecule has 0 unspecified atom stereocenters. The van der Waals surface area contributed by atoms with Gasteiger partial charge in [0.15, 0.2) is 0 Å². The van der Waals surface area contributed by atoms with Crippen LogP contribution in [-0.4, -0.2) is 30.8 Å². The van der Waals surface area contributed by atoms with Crippen molar-refractivity contribution in [2.75, 3.05) is 25.1 Å². The van der Waals surface area contributed by atoms with E-state index in [4.69, 9.17) is 9.84 Å². The van der Waals surface area contributed by atoms with E-state index in [-0.39, 0.29) is 0 Å². The Labute approximate surface area is 119 Å². The van der Waals surface area contributed by atoms with Crippen molar-refractivity contribution in [1.29, 1.82) is 0 Å². The van der Waals surface area contributed by atoms with Crippen LogP contribution in [0.5, 0.6) is 0 Å².